The minimum absolute atomic E-state index is 0.159. The number of fused-ring (bicyclic) bond motifs is 1. The highest BCUT2D eigenvalue weighted by Crippen LogP contribution is 2.20. The minimum Gasteiger partial charge on any atom is -0.492 e. The van der Waals surface area contributed by atoms with Gasteiger partial charge in [-0.3, -0.25) is 9.88 Å². The number of rotatable bonds is 5. The fourth-order valence-electron chi connectivity index (χ4n) is 3.38. The van der Waals surface area contributed by atoms with Gasteiger partial charge in [-0.05, 0) is 18.2 Å². The third kappa shape index (κ3) is 3.91. The Morgan fingerprint density at radius 3 is 2.85 bits per heavy atom. The van der Waals surface area contributed by atoms with E-state index in [0.29, 0.717) is 18.7 Å². The van der Waals surface area contributed by atoms with Gasteiger partial charge in [-0.25, -0.2) is 9.37 Å². The maximum absolute atomic E-state index is 14.1. The number of benzene rings is 1. The molecule has 0 saturated heterocycles. The molecule has 0 spiro atoms. The fourth-order valence-corrected chi connectivity index (χ4v) is 3.38. The topological polar surface area (TPSA) is 43.2 Å². The zero-order valence-corrected chi connectivity index (χ0v) is 14.5. The molecule has 26 heavy (non-hydrogen) atoms. The molecule has 0 radical (unpaired) electrons. The van der Waals surface area contributed by atoms with E-state index >= 15 is 0 Å². The summed E-state index contributed by atoms with van der Waals surface area (Å²) in [4.78, 5) is 10.6. The van der Waals surface area contributed by atoms with Gasteiger partial charge in [-0.1, -0.05) is 18.2 Å². The van der Waals surface area contributed by atoms with Gasteiger partial charge in [0.1, 0.15) is 11.6 Å². The van der Waals surface area contributed by atoms with E-state index in [-0.39, 0.29) is 11.7 Å². The van der Waals surface area contributed by atoms with Crippen molar-refractivity contribution in [2.75, 3.05) is 13.2 Å². The lowest BCUT2D eigenvalue weighted by atomic mass is 10.1. The summed E-state index contributed by atoms with van der Waals surface area (Å²) in [7, 11) is 0. The summed E-state index contributed by atoms with van der Waals surface area (Å²) < 4.78 is 22.2. The van der Waals surface area contributed by atoms with Crippen LogP contribution in [0.2, 0.25) is 0 Å². The number of aromatic nitrogens is 3. The molecule has 1 atom stereocenters. The molecule has 2 aromatic heterocycles. The van der Waals surface area contributed by atoms with Crippen LogP contribution in [-0.4, -0.2) is 32.6 Å². The molecule has 0 saturated carbocycles. The second-order valence-electron chi connectivity index (χ2n) is 6.66. The van der Waals surface area contributed by atoms with Gasteiger partial charge < -0.3 is 9.30 Å². The summed E-state index contributed by atoms with van der Waals surface area (Å²) >= 11 is 0. The molecule has 5 nitrogen and oxygen atoms in total. The molecule has 1 aliphatic heterocycles. The van der Waals surface area contributed by atoms with Gasteiger partial charge in [0.15, 0.2) is 0 Å². The van der Waals surface area contributed by atoms with Crippen LogP contribution in [-0.2, 0) is 19.6 Å². The van der Waals surface area contributed by atoms with Crippen molar-refractivity contribution in [2.45, 2.75) is 19.6 Å². The predicted octanol–water partition coefficient (Wildman–Crippen LogP) is 3.13. The van der Waals surface area contributed by atoms with Gasteiger partial charge in [-0.15, -0.1) is 0 Å². The average Bonchev–Trinajstić information content (AvgIpc) is 3.02. The maximum atomic E-state index is 14.1. The van der Waals surface area contributed by atoms with E-state index in [0.717, 1.165) is 31.1 Å². The third-order valence-electron chi connectivity index (χ3n) is 4.63. The number of nitrogens with zero attached hydrogens (tertiary/aromatic N) is 4. The molecule has 6 heteroatoms. The number of hydrogen-bond acceptors (Lipinski definition) is 4. The first-order chi connectivity index (χ1) is 12.8. The lowest BCUT2D eigenvalue weighted by Gasteiger charge is -2.24. The Bertz CT molecular complexity index is 852. The second-order valence-corrected chi connectivity index (χ2v) is 6.66. The maximum Gasteiger partial charge on any atom is 0.137 e. The van der Waals surface area contributed by atoms with Crippen molar-refractivity contribution in [3.63, 3.8) is 0 Å². The average molecular weight is 352 g/mol. The van der Waals surface area contributed by atoms with Crippen LogP contribution in [0.5, 0.6) is 5.75 Å². The van der Waals surface area contributed by atoms with E-state index in [2.05, 4.69) is 19.4 Å². The van der Waals surface area contributed by atoms with Crippen LogP contribution in [0.1, 0.15) is 11.3 Å². The van der Waals surface area contributed by atoms with E-state index in [9.17, 15) is 4.39 Å². The quantitative estimate of drug-likeness (QED) is 0.708. The summed E-state index contributed by atoms with van der Waals surface area (Å²) in [5.41, 5.74) is 1.86. The Morgan fingerprint density at radius 2 is 2.00 bits per heavy atom. The molecule has 134 valence electrons. The Hall–Kier alpha value is -2.73. The van der Waals surface area contributed by atoms with Gasteiger partial charge in [0, 0.05) is 50.1 Å². The number of ether oxygens (including phenoxy) is 1. The summed E-state index contributed by atoms with van der Waals surface area (Å²) in [6.45, 7) is 3.57. The van der Waals surface area contributed by atoms with Crippen LogP contribution in [0.3, 0.4) is 0 Å². The van der Waals surface area contributed by atoms with Crippen molar-refractivity contribution in [2.24, 2.45) is 5.92 Å². The first kappa shape index (κ1) is 16.7. The van der Waals surface area contributed by atoms with Crippen LogP contribution in [0.15, 0.2) is 61.3 Å². The first-order valence-electron chi connectivity index (χ1n) is 8.75. The predicted molar refractivity (Wildman–Crippen MR) is 96.0 cm³/mol. The van der Waals surface area contributed by atoms with Crippen molar-refractivity contribution in [3.8, 4) is 5.75 Å². The van der Waals surface area contributed by atoms with E-state index in [1.54, 1.807) is 18.5 Å². The molecule has 4 rings (SSSR count). The van der Waals surface area contributed by atoms with Gasteiger partial charge >= 0.3 is 0 Å². The SMILES string of the molecule is Fc1ccccc1CN1Cc2cncn2C[C@H](COc2cccnc2)C1. The minimum atomic E-state index is -0.159. The van der Waals surface area contributed by atoms with Crippen molar-refractivity contribution in [1.29, 1.82) is 0 Å². The molecule has 0 aliphatic carbocycles. The molecule has 0 amide bonds. The van der Waals surface area contributed by atoms with Crippen molar-refractivity contribution in [1.82, 2.24) is 19.4 Å². The van der Waals surface area contributed by atoms with Crippen LogP contribution in [0, 0.1) is 11.7 Å². The van der Waals surface area contributed by atoms with Crippen molar-refractivity contribution in [3.05, 3.63) is 78.4 Å². The molecule has 3 heterocycles. The third-order valence-corrected chi connectivity index (χ3v) is 4.63. The highest BCUT2D eigenvalue weighted by atomic mass is 19.1. The summed E-state index contributed by atoms with van der Waals surface area (Å²) in [6, 6.07) is 10.7. The van der Waals surface area contributed by atoms with Crippen LogP contribution in [0.4, 0.5) is 4.39 Å². The Kier molecular flexibility index (Phi) is 4.93. The van der Waals surface area contributed by atoms with E-state index in [1.807, 2.05) is 36.8 Å². The zero-order chi connectivity index (χ0) is 17.8. The lowest BCUT2D eigenvalue weighted by molar-refractivity contribution is 0.166. The molecule has 0 unspecified atom stereocenters. The molecule has 3 aromatic rings. The van der Waals surface area contributed by atoms with Gasteiger partial charge in [0.2, 0.25) is 0 Å². The molecule has 0 N–H and O–H groups in total. The Morgan fingerprint density at radius 1 is 1.08 bits per heavy atom. The van der Waals surface area contributed by atoms with Crippen molar-refractivity contribution >= 4 is 0 Å². The van der Waals surface area contributed by atoms with Gasteiger partial charge in [0.05, 0.1) is 24.8 Å². The standard InChI is InChI=1S/C20H21FN4O/c21-20-6-2-1-4-17(20)12-24-10-16(11-25-15-23-8-18(25)13-24)14-26-19-5-3-7-22-9-19/h1-9,15-16H,10-14H2/t16-/m1/s1. The Balaban J connectivity index is 1.49. The van der Waals surface area contributed by atoms with Gasteiger partial charge in [-0.2, -0.15) is 0 Å². The monoisotopic (exact) mass is 352 g/mol. The van der Waals surface area contributed by atoms with E-state index in [1.165, 1.54) is 6.07 Å². The molecular weight excluding hydrogens is 331 g/mol. The highest BCUT2D eigenvalue weighted by Gasteiger charge is 2.23. The molecule has 0 bridgehead atoms. The van der Waals surface area contributed by atoms with Crippen molar-refractivity contribution < 1.29 is 9.13 Å². The number of imidazole rings is 1. The number of halogens is 1. The molecule has 1 aromatic carbocycles. The molecule has 0 fully saturated rings. The summed E-state index contributed by atoms with van der Waals surface area (Å²) in [6.07, 6.45) is 7.20. The van der Waals surface area contributed by atoms with Crippen LogP contribution < -0.4 is 4.74 Å². The number of pyridine rings is 1. The van der Waals surface area contributed by atoms with Crippen LogP contribution in [0.25, 0.3) is 0 Å². The molecular formula is C20H21FN4O. The first-order valence-corrected chi connectivity index (χ1v) is 8.75. The fraction of sp³-hybridized carbons (Fsp3) is 0.300. The highest BCUT2D eigenvalue weighted by molar-refractivity contribution is 5.18. The largest absolute Gasteiger partial charge is 0.492 e. The number of hydrogen-bond donors (Lipinski definition) is 0. The lowest BCUT2D eigenvalue weighted by Crippen LogP contribution is -2.31. The second kappa shape index (κ2) is 7.66. The smallest absolute Gasteiger partial charge is 0.137 e. The Labute approximate surface area is 152 Å². The summed E-state index contributed by atoms with van der Waals surface area (Å²) in [5, 5.41) is 0. The molecule has 1 aliphatic rings. The summed E-state index contributed by atoms with van der Waals surface area (Å²) in [5.74, 6) is 0.883. The zero-order valence-electron chi connectivity index (χ0n) is 14.5. The normalized spacial score (nSPS) is 17.5. The van der Waals surface area contributed by atoms with Crippen LogP contribution >= 0.6 is 0 Å². The van der Waals surface area contributed by atoms with E-state index in [4.69, 9.17) is 4.74 Å². The van der Waals surface area contributed by atoms with Gasteiger partial charge in [0.25, 0.3) is 0 Å². The van der Waals surface area contributed by atoms with E-state index < -0.39 is 0 Å².